The molecule has 27 heavy (non-hydrogen) atoms. The molecule has 2 rings (SSSR count). The van der Waals surface area contributed by atoms with E-state index in [1.54, 1.807) is 6.92 Å². The van der Waals surface area contributed by atoms with E-state index in [2.05, 4.69) is 14.8 Å². The van der Waals surface area contributed by atoms with Crippen LogP contribution in [0.1, 0.15) is 29.7 Å². The number of aliphatic hydroxyl groups excluding tert-OH is 1. The van der Waals surface area contributed by atoms with Crippen LogP contribution in [0.25, 0.3) is 0 Å². The summed E-state index contributed by atoms with van der Waals surface area (Å²) in [4.78, 5) is 32.9. The lowest BCUT2D eigenvalue weighted by Crippen LogP contribution is -2.25. The predicted molar refractivity (Wildman–Crippen MR) is 91.9 cm³/mol. The molecule has 0 bridgehead atoms. The highest BCUT2D eigenvalue weighted by Crippen LogP contribution is 2.38. The third-order valence-electron chi connectivity index (χ3n) is 4.31. The van der Waals surface area contributed by atoms with Crippen LogP contribution in [0.4, 0.5) is 0 Å². The number of nitrogens with two attached hydrogens (primary N) is 1. The highest BCUT2D eigenvalue weighted by atomic mass is 31.2. The highest BCUT2D eigenvalue weighted by Gasteiger charge is 2.31. The van der Waals surface area contributed by atoms with Gasteiger partial charge in [0.1, 0.15) is 12.0 Å². The number of aromatic hydroxyl groups is 1. The van der Waals surface area contributed by atoms with Gasteiger partial charge >= 0.3 is 13.8 Å². The zero-order valence-electron chi connectivity index (χ0n) is 14.5. The maximum Gasteiger partial charge on any atom is 0.469 e. The lowest BCUT2D eigenvalue weighted by atomic mass is 10.1. The number of aryl methyl sites for hydroxylation is 1. The Hall–Kier alpha value is -2.01. The summed E-state index contributed by atoms with van der Waals surface area (Å²) in [5, 5.41) is 32.1. The first-order valence-electron chi connectivity index (χ1n) is 7.98. The van der Waals surface area contributed by atoms with E-state index in [9.17, 15) is 24.7 Å². The quantitative estimate of drug-likeness (QED) is 0.225. The minimum Gasteiger partial charge on any atom is -0.506 e. The van der Waals surface area contributed by atoms with E-state index < -0.39 is 32.5 Å². The fourth-order valence-corrected chi connectivity index (χ4v) is 3.16. The number of phosphoric acid groups is 1. The molecule has 0 spiro atoms. The molecule has 2 atom stereocenters. The normalized spacial score (nSPS) is 18.6. The van der Waals surface area contributed by atoms with Crippen LogP contribution in [0.5, 0.6) is 5.75 Å². The SMILES string of the molecule is Cc1ncc(COP(=O)(O)O)c(CNC2=C(C(N)O)C[C@@H](C(=O)O)C2)c1O. The minimum atomic E-state index is -4.71. The Balaban J connectivity index is 2.23. The molecular weight excluding hydrogens is 381 g/mol. The van der Waals surface area contributed by atoms with E-state index in [4.69, 9.17) is 15.5 Å². The van der Waals surface area contributed by atoms with E-state index in [1.807, 2.05) is 0 Å². The molecule has 0 radical (unpaired) electrons. The molecule has 0 amide bonds. The Bertz CT molecular complexity index is 804. The zero-order valence-corrected chi connectivity index (χ0v) is 15.4. The van der Waals surface area contributed by atoms with Crippen LogP contribution >= 0.6 is 7.82 Å². The third-order valence-corrected chi connectivity index (χ3v) is 4.77. The van der Waals surface area contributed by atoms with Crippen molar-refractivity contribution in [1.82, 2.24) is 10.3 Å². The molecule has 1 aromatic heterocycles. The van der Waals surface area contributed by atoms with Crippen molar-refractivity contribution in [2.24, 2.45) is 11.7 Å². The molecule has 12 heteroatoms. The molecule has 1 unspecified atom stereocenters. The van der Waals surface area contributed by atoms with Gasteiger partial charge in [0.25, 0.3) is 0 Å². The van der Waals surface area contributed by atoms with Crippen LogP contribution in [0.3, 0.4) is 0 Å². The maximum absolute atomic E-state index is 11.2. The monoisotopic (exact) mass is 403 g/mol. The number of aromatic nitrogens is 1. The van der Waals surface area contributed by atoms with Gasteiger partial charge in [0.05, 0.1) is 18.2 Å². The number of carbonyl (C=O) groups is 1. The summed E-state index contributed by atoms with van der Waals surface area (Å²) >= 11 is 0. The van der Waals surface area contributed by atoms with Gasteiger partial charge in [-0.2, -0.15) is 0 Å². The lowest BCUT2D eigenvalue weighted by Gasteiger charge is -2.17. The topological polar surface area (TPSA) is 195 Å². The molecular formula is C15H22N3O8P. The number of phosphoric ester groups is 1. The van der Waals surface area contributed by atoms with Gasteiger partial charge in [-0.1, -0.05) is 0 Å². The van der Waals surface area contributed by atoms with Crippen LogP contribution in [0.2, 0.25) is 0 Å². The second-order valence-corrected chi connectivity index (χ2v) is 7.44. The molecule has 1 aromatic rings. The number of pyridine rings is 1. The van der Waals surface area contributed by atoms with Crippen molar-refractivity contribution >= 4 is 13.8 Å². The molecule has 0 saturated heterocycles. The van der Waals surface area contributed by atoms with E-state index in [0.29, 0.717) is 17.0 Å². The second-order valence-electron chi connectivity index (χ2n) is 6.21. The number of rotatable bonds is 8. The number of aliphatic carboxylic acids is 1. The number of carboxylic acids is 1. The van der Waals surface area contributed by atoms with Gasteiger partial charge in [0, 0.05) is 36.0 Å². The molecule has 0 aliphatic heterocycles. The first-order valence-corrected chi connectivity index (χ1v) is 9.51. The van der Waals surface area contributed by atoms with E-state index in [-0.39, 0.29) is 36.3 Å². The van der Waals surface area contributed by atoms with Crippen LogP contribution in [0.15, 0.2) is 17.5 Å². The summed E-state index contributed by atoms with van der Waals surface area (Å²) in [7, 11) is -4.71. The van der Waals surface area contributed by atoms with Crippen molar-refractivity contribution in [2.45, 2.75) is 39.1 Å². The van der Waals surface area contributed by atoms with Crippen molar-refractivity contribution < 1.29 is 39.0 Å². The Kier molecular flexibility index (Phi) is 6.58. The molecule has 0 saturated carbocycles. The average Bonchev–Trinajstić information content (AvgIpc) is 2.99. The summed E-state index contributed by atoms with van der Waals surface area (Å²) in [6.45, 7) is 1.06. The number of hydrogen-bond donors (Lipinski definition) is 7. The fourth-order valence-electron chi connectivity index (χ4n) is 2.85. The molecule has 1 aliphatic carbocycles. The highest BCUT2D eigenvalue weighted by molar-refractivity contribution is 7.46. The standard InChI is InChI=1S/C15H22N3O8P/c1-7-13(19)11(9(4-17-7)6-26-27(23,24)25)5-18-12-3-8(15(21)22)2-10(12)14(16)20/h4,8,14,18-20H,2-3,5-6,16H2,1H3,(H,21,22)(H2,23,24,25)/t8-,14?/m1/s1. The van der Waals surface area contributed by atoms with Gasteiger partial charge in [0.15, 0.2) is 0 Å². The summed E-state index contributed by atoms with van der Waals surface area (Å²) in [5.41, 5.74) is 7.14. The molecule has 0 aromatic carbocycles. The van der Waals surface area contributed by atoms with E-state index >= 15 is 0 Å². The molecule has 0 fully saturated rings. The Morgan fingerprint density at radius 2 is 2.15 bits per heavy atom. The van der Waals surface area contributed by atoms with Crippen LogP contribution in [0, 0.1) is 12.8 Å². The Labute approximate surface area is 154 Å². The summed E-state index contributed by atoms with van der Waals surface area (Å²) in [6, 6.07) is 0. The van der Waals surface area contributed by atoms with Gasteiger partial charge in [-0.25, -0.2) is 4.57 Å². The first-order chi connectivity index (χ1) is 12.5. The molecule has 150 valence electrons. The number of nitrogens with zero attached hydrogens (tertiary/aromatic N) is 1. The molecule has 1 aliphatic rings. The van der Waals surface area contributed by atoms with Crippen molar-refractivity contribution in [2.75, 3.05) is 0 Å². The van der Waals surface area contributed by atoms with Gasteiger partial charge in [-0.15, -0.1) is 0 Å². The van der Waals surface area contributed by atoms with Crippen LogP contribution < -0.4 is 11.1 Å². The Morgan fingerprint density at radius 3 is 2.70 bits per heavy atom. The average molecular weight is 403 g/mol. The third kappa shape index (κ3) is 5.48. The van der Waals surface area contributed by atoms with Gasteiger partial charge in [-0.3, -0.25) is 14.3 Å². The summed E-state index contributed by atoms with van der Waals surface area (Å²) in [6.07, 6.45) is 0.244. The second kappa shape index (κ2) is 8.34. The number of allylic oxidation sites excluding steroid dienone is 1. The van der Waals surface area contributed by atoms with Gasteiger partial charge in [-0.05, 0) is 18.9 Å². The largest absolute Gasteiger partial charge is 0.506 e. The summed E-state index contributed by atoms with van der Waals surface area (Å²) in [5.74, 6) is -1.91. The lowest BCUT2D eigenvalue weighted by molar-refractivity contribution is -0.141. The predicted octanol–water partition coefficient (Wildman–Crippen LogP) is -0.180. The van der Waals surface area contributed by atoms with Crippen molar-refractivity contribution in [3.8, 4) is 5.75 Å². The molecule has 1 heterocycles. The van der Waals surface area contributed by atoms with Gasteiger partial charge in [0.2, 0.25) is 0 Å². The van der Waals surface area contributed by atoms with Crippen molar-refractivity contribution in [1.29, 1.82) is 0 Å². The number of nitrogens with one attached hydrogen (secondary N) is 1. The fraction of sp³-hybridized carbons (Fsp3) is 0.467. The smallest absolute Gasteiger partial charge is 0.469 e. The number of aliphatic hydroxyl groups is 1. The maximum atomic E-state index is 11.2. The number of hydrogen-bond acceptors (Lipinski definition) is 8. The summed E-state index contributed by atoms with van der Waals surface area (Å²) < 4.78 is 15.4. The van der Waals surface area contributed by atoms with Crippen molar-refractivity contribution in [3.63, 3.8) is 0 Å². The van der Waals surface area contributed by atoms with Crippen LogP contribution in [-0.4, -0.2) is 42.3 Å². The van der Waals surface area contributed by atoms with Gasteiger partial charge < -0.3 is 36.2 Å². The van der Waals surface area contributed by atoms with E-state index in [1.165, 1.54) is 6.20 Å². The van der Waals surface area contributed by atoms with E-state index in [0.717, 1.165) is 0 Å². The molecule has 8 N–H and O–H groups in total. The number of carboxylic acid groups (broad SMARTS) is 1. The molecule has 11 nitrogen and oxygen atoms in total. The Morgan fingerprint density at radius 1 is 1.48 bits per heavy atom. The minimum absolute atomic E-state index is 0.00701. The van der Waals surface area contributed by atoms with Crippen molar-refractivity contribution in [3.05, 3.63) is 34.3 Å². The first kappa shape index (κ1) is 21.3. The van der Waals surface area contributed by atoms with Crippen LogP contribution in [-0.2, 0) is 27.0 Å². The zero-order chi connectivity index (χ0) is 20.4.